The maximum absolute atomic E-state index is 12.9. The Balaban J connectivity index is 1.58. The zero-order chi connectivity index (χ0) is 17.4. The first-order valence-electron chi connectivity index (χ1n) is 8.47. The molecule has 4 rings (SSSR count). The van der Waals surface area contributed by atoms with Crippen molar-refractivity contribution in [1.82, 2.24) is 9.88 Å². The number of hydrogen-bond acceptors (Lipinski definition) is 5. The first-order valence-corrected chi connectivity index (χ1v) is 8.47. The Bertz CT molecular complexity index is 866. The molecule has 0 amide bonds. The van der Waals surface area contributed by atoms with Crippen LogP contribution in [0.3, 0.4) is 0 Å². The summed E-state index contributed by atoms with van der Waals surface area (Å²) in [6, 6.07) is 12.9. The number of rotatable bonds is 2. The van der Waals surface area contributed by atoms with Crippen molar-refractivity contribution in [2.75, 3.05) is 31.1 Å². The number of pyridine rings is 1. The molecule has 25 heavy (non-hydrogen) atoms. The van der Waals surface area contributed by atoms with Gasteiger partial charge in [-0.3, -0.25) is 9.59 Å². The summed E-state index contributed by atoms with van der Waals surface area (Å²) in [6.45, 7) is 4.71. The van der Waals surface area contributed by atoms with Crippen LogP contribution >= 0.6 is 0 Å². The van der Waals surface area contributed by atoms with Gasteiger partial charge in [0.1, 0.15) is 5.82 Å². The van der Waals surface area contributed by atoms with E-state index in [-0.39, 0.29) is 11.6 Å². The van der Waals surface area contributed by atoms with Crippen molar-refractivity contribution in [3.05, 3.63) is 71.1 Å². The molecule has 1 aromatic heterocycles. The summed E-state index contributed by atoms with van der Waals surface area (Å²) in [6.07, 6.45) is 1.79. The highest BCUT2D eigenvalue weighted by Crippen LogP contribution is 2.29. The third-order valence-electron chi connectivity index (χ3n) is 4.90. The summed E-state index contributed by atoms with van der Waals surface area (Å²) in [5.74, 6) is 0.862. The minimum atomic E-state index is -0.0441. The van der Waals surface area contributed by atoms with Crippen LogP contribution in [-0.4, -0.2) is 47.6 Å². The van der Waals surface area contributed by atoms with Crippen molar-refractivity contribution in [2.24, 2.45) is 0 Å². The van der Waals surface area contributed by atoms with E-state index in [2.05, 4.69) is 9.88 Å². The van der Waals surface area contributed by atoms with E-state index in [0.717, 1.165) is 18.9 Å². The van der Waals surface area contributed by atoms with Crippen LogP contribution in [0.5, 0.6) is 0 Å². The van der Waals surface area contributed by atoms with Gasteiger partial charge in [0.25, 0.3) is 0 Å². The molecule has 0 saturated carbocycles. The maximum atomic E-state index is 12.9. The topological polar surface area (TPSA) is 53.5 Å². The second-order valence-electron chi connectivity index (χ2n) is 6.34. The van der Waals surface area contributed by atoms with E-state index in [9.17, 15) is 9.59 Å². The molecule has 2 heterocycles. The van der Waals surface area contributed by atoms with Crippen LogP contribution in [0.25, 0.3) is 0 Å². The lowest BCUT2D eigenvalue weighted by Crippen LogP contribution is -2.48. The van der Waals surface area contributed by atoms with E-state index in [1.54, 1.807) is 37.4 Å². The molecule has 1 saturated heterocycles. The van der Waals surface area contributed by atoms with Crippen LogP contribution in [0.2, 0.25) is 0 Å². The summed E-state index contributed by atoms with van der Waals surface area (Å²) in [5, 5.41) is 0. The van der Waals surface area contributed by atoms with Gasteiger partial charge in [0, 0.05) is 49.1 Å². The minimum Gasteiger partial charge on any atom is -0.364 e. The third kappa shape index (κ3) is 2.61. The second kappa shape index (κ2) is 6.16. The molecule has 0 bridgehead atoms. The van der Waals surface area contributed by atoms with Gasteiger partial charge in [-0.2, -0.15) is 0 Å². The molecular formula is C20H19N3O2. The fraction of sp³-hybridized carbons (Fsp3) is 0.250. The van der Waals surface area contributed by atoms with E-state index in [0.29, 0.717) is 35.5 Å². The fourth-order valence-corrected chi connectivity index (χ4v) is 3.57. The number of piperazine rings is 1. The molecule has 2 aromatic rings. The minimum absolute atomic E-state index is 0.0426. The van der Waals surface area contributed by atoms with Gasteiger partial charge in [0.05, 0.1) is 5.70 Å². The first-order chi connectivity index (χ1) is 12.2. The molecule has 126 valence electrons. The Kier molecular flexibility index (Phi) is 3.84. The molecular weight excluding hydrogens is 314 g/mol. The predicted molar refractivity (Wildman–Crippen MR) is 95.8 cm³/mol. The average molecular weight is 333 g/mol. The Labute approximate surface area is 146 Å². The zero-order valence-corrected chi connectivity index (χ0v) is 14.1. The molecule has 2 aliphatic rings. The van der Waals surface area contributed by atoms with E-state index >= 15 is 0 Å². The number of nitrogens with zero attached hydrogens (tertiary/aromatic N) is 3. The molecule has 5 heteroatoms. The van der Waals surface area contributed by atoms with Crippen LogP contribution < -0.4 is 4.90 Å². The number of ketones is 2. The number of aromatic nitrogens is 1. The highest BCUT2D eigenvalue weighted by Gasteiger charge is 2.34. The molecule has 0 unspecified atom stereocenters. The molecule has 1 aliphatic heterocycles. The number of carbonyl (C=O) groups is 2. The van der Waals surface area contributed by atoms with E-state index in [4.69, 9.17) is 0 Å². The van der Waals surface area contributed by atoms with Crippen molar-refractivity contribution in [2.45, 2.75) is 6.92 Å². The van der Waals surface area contributed by atoms with Gasteiger partial charge in [-0.25, -0.2) is 4.98 Å². The number of anilines is 1. The highest BCUT2D eigenvalue weighted by atomic mass is 16.1. The number of Topliss-reactive ketones (excluding diaryl/α,β-unsaturated/α-hetero) is 2. The maximum Gasteiger partial charge on any atom is 0.210 e. The largest absolute Gasteiger partial charge is 0.364 e. The highest BCUT2D eigenvalue weighted by molar-refractivity contribution is 6.26. The first kappa shape index (κ1) is 15.6. The Hall–Kier alpha value is -2.95. The summed E-state index contributed by atoms with van der Waals surface area (Å²) in [7, 11) is 0. The zero-order valence-electron chi connectivity index (χ0n) is 14.1. The van der Waals surface area contributed by atoms with Crippen molar-refractivity contribution in [3.8, 4) is 0 Å². The lowest BCUT2D eigenvalue weighted by molar-refractivity contribution is 0.0938. The van der Waals surface area contributed by atoms with Crippen molar-refractivity contribution < 1.29 is 9.59 Å². The lowest BCUT2D eigenvalue weighted by Gasteiger charge is -2.38. The van der Waals surface area contributed by atoms with E-state index < -0.39 is 0 Å². The van der Waals surface area contributed by atoms with Crippen molar-refractivity contribution in [1.29, 1.82) is 0 Å². The summed E-state index contributed by atoms with van der Waals surface area (Å²) in [4.78, 5) is 34.2. The predicted octanol–water partition coefficient (Wildman–Crippen LogP) is 2.56. The SMILES string of the molecule is CC1=C(N2CCN(c3ccccn3)CC2)C(=O)c2ccccc2C1=O. The summed E-state index contributed by atoms with van der Waals surface area (Å²) in [5.41, 5.74) is 2.14. The van der Waals surface area contributed by atoms with Crippen LogP contribution in [0.4, 0.5) is 5.82 Å². The normalized spacial score (nSPS) is 17.8. The van der Waals surface area contributed by atoms with Crippen LogP contribution in [0.1, 0.15) is 27.6 Å². The average Bonchev–Trinajstić information content (AvgIpc) is 2.68. The number of fused-ring (bicyclic) bond motifs is 1. The fourth-order valence-electron chi connectivity index (χ4n) is 3.57. The Morgan fingerprint density at radius 1 is 0.800 bits per heavy atom. The van der Waals surface area contributed by atoms with Gasteiger partial charge < -0.3 is 9.80 Å². The Morgan fingerprint density at radius 3 is 2.04 bits per heavy atom. The molecule has 1 aliphatic carbocycles. The molecule has 0 atom stereocenters. The van der Waals surface area contributed by atoms with Crippen LogP contribution in [0, 0.1) is 0 Å². The van der Waals surface area contributed by atoms with Crippen LogP contribution in [0.15, 0.2) is 59.9 Å². The van der Waals surface area contributed by atoms with E-state index in [1.807, 2.05) is 23.1 Å². The van der Waals surface area contributed by atoms with E-state index in [1.165, 1.54) is 0 Å². The molecule has 0 radical (unpaired) electrons. The molecule has 0 N–H and O–H groups in total. The number of benzene rings is 1. The van der Waals surface area contributed by atoms with Crippen molar-refractivity contribution >= 4 is 17.4 Å². The monoisotopic (exact) mass is 333 g/mol. The second-order valence-corrected chi connectivity index (χ2v) is 6.34. The number of carbonyl (C=O) groups excluding carboxylic acids is 2. The summed E-state index contributed by atoms with van der Waals surface area (Å²) >= 11 is 0. The van der Waals surface area contributed by atoms with Crippen LogP contribution in [-0.2, 0) is 0 Å². The van der Waals surface area contributed by atoms with Crippen molar-refractivity contribution in [3.63, 3.8) is 0 Å². The molecule has 0 spiro atoms. The van der Waals surface area contributed by atoms with Gasteiger partial charge >= 0.3 is 0 Å². The summed E-state index contributed by atoms with van der Waals surface area (Å²) < 4.78 is 0. The van der Waals surface area contributed by atoms with Gasteiger partial charge in [-0.05, 0) is 19.1 Å². The standard InChI is InChI=1S/C20H19N3O2/c1-14-18(20(25)16-7-3-2-6-15(16)19(14)24)23-12-10-22(11-13-23)17-8-4-5-9-21-17/h2-9H,10-13H2,1H3. The van der Waals surface area contributed by atoms with Gasteiger partial charge in [-0.1, -0.05) is 30.3 Å². The third-order valence-corrected chi connectivity index (χ3v) is 4.90. The molecule has 5 nitrogen and oxygen atoms in total. The smallest absolute Gasteiger partial charge is 0.210 e. The molecule has 1 fully saturated rings. The number of allylic oxidation sites excluding steroid dienone is 2. The number of hydrogen-bond donors (Lipinski definition) is 0. The quantitative estimate of drug-likeness (QED) is 0.845. The van der Waals surface area contributed by atoms with Gasteiger partial charge in [0.2, 0.25) is 5.78 Å². The van der Waals surface area contributed by atoms with Gasteiger partial charge in [-0.15, -0.1) is 0 Å². The Morgan fingerprint density at radius 2 is 1.40 bits per heavy atom. The van der Waals surface area contributed by atoms with Gasteiger partial charge in [0.15, 0.2) is 5.78 Å². The lowest BCUT2D eigenvalue weighted by atomic mass is 9.87. The molecule has 1 aromatic carbocycles.